The summed E-state index contributed by atoms with van der Waals surface area (Å²) in [5, 5.41) is 10.6. The molecule has 0 spiro atoms. The Labute approximate surface area is 199 Å². The molecule has 1 N–H and O–H groups in total. The SMILES string of the molecule is CC(C)(C)OC(=O)N1CCC(C(=O)N2CCO[C@](CCO)(c3ccc(Cl)c(Cl)c3)C2)CC1. The number of hydrogen-bond donors (Lipinski definition) is 1. The average Bonchev–Trinajstić information content (AvgIpc) is 2.74. The fourth-order valence-corrected chi connectivity index (χ4v) is 4.59. The fraction of sp³-hybridized carbons (Fsp3) is 0.652. The van der Waals surface area contributed by atoms with E-state index >= 15 is 0 Å². The lowest BCUT2D eigenvalue weighted by Crippen LogP contribution is -2.54. The first-order chi connectivity index (χ1) is 15.0. The van der Waals surface area contributed by atoms with Crippen molar-refractivity contribution in [1.82, 2.24) is 9.80 Å². The van der Waals surface area contributed by atoms with Crippen molar-refractivity contribution in [3.63, 3.8) is 0 Å². The lowest BCUT2D eigenvalue weighted by molar-refractivity contribution is -0.160. The van der Waals surface area contributed by atoms with Crippen LogP contribution in [-0.2, 0) is 19.9 Å². The Balaban J connectivity index is 1.67. The van der Waals surface area contributed by atoms with Crippen molar-refractivity contribution >= 4 is 35.2 Å². The lowest BCUT2D eigenvalue weighted by atomic mass is 9.87. The van der Waals surface area contributed by atoms with E-state index in [9.17, 15) is 14.7 Å². The van der Waals surface area contributed by atoms with E-state index in [2.05, 4.69) is 0 Å². The molecule has 2 amide bonds. The van der Waals surface area contributed by atoms with Crippen LogP contribution in [0.4, 0.5) is 4.79 Å². The van der Waals surface area contributed by atoms with Crippen LogP contribution in [0.2, 0.25) is 10.0 Å². The van der Waals surface area contributed by atoms with Gasteiger partial charge in [0.05, 0.1) is 23.2 Å². The zero-order valence-corrected chi connectivity index (χ0v) is 20.4. The average molecular weight is 487 g/mol. The van der Waals surface area contributed by atoms with Gasteiger partial charge in [-0.15, -0.1) is 0 Å². The third kappa shape index (κ3) is 5.87. The van der Waals surface area contributed by atoms with Gasteiger partial charge in [0.1, 0.15) is 11.2 Å². The maximum atomic E-state index is 13.3. The molecule has 2 aliphatic rings. The van der Waals surface area contributed by atoms with Crippen LogP contribution >= 0.6 is 23.2 Å². The van der Waals surface area contributed by atoms with Gasteiger partial charge in [-0.05, 0) is 51.3 Å². The van der Waals surface area contributed by atoms with Gasteiger partial charge in [0.25, 0.3) is 0 Å². The van der Waals surface area contributed by atoms with Gasteiger partial charge in [-0.25, -0.2) is 4.79 Å². The molecule has 0 aliphatic carbocycles. The summed E-state index contributed by atoms with van der Waals surface area (Å²) in [6.45, 7) is 7.59. The summed E-state index contributed by atoms with van der Waals surface area (Å²) in [5.41, 5.74) is -0.593. The maximum absolute atomic E-state index is 13.3. The van der Waals surface area contributed by atoms with Crippen molar-refractivity contribution in [3.8, 4) is 0 Å². The number of morpholine rings is 1. The largest absolute Gasteiger partial charge is 0.444 e. The molecule has 0 saturated carbocycles. The number of nitrogens with zero attached hydrogens (tertiary/aromatic N) is 2. The zero-order chi connectivity index (χ0) is 23.5. The van der Waals surface area contributed by atoms with Crippen LogP contribution in [0.25, 0.3) is 0 Å². The van der Waals surface area contributed by atoms with Crippen LogP contribution < -0.4 is 0 Å². The minimum Gasteiger partial charge on any atom is -0.444 e. The summed E-state index contributed by atoms with van der Waals surface area (Å²) in [6.07, 6.45) is 1.19. The molecular formula is C23H32Cl2N2O5. The van der Waals surface area contributed by atoms with Gasteiger partial charge in [-0.1, -0.05) is 29.3 Å². The first kappa shape index (κ1) is 25.1. The van der Waals surface area contributed by atoms with Crippen LogP contribution in [0.5, 0.6) is 0 Å². The van der Waals surface area contributed by atoms with Crippen molar-refractivity contribution in [3.05, 3.63) is 33.8 Å². The molecule has 1 aromatic carbocycles. The summed E-state index contributed by atoms with van der Waals surface area (Å²) < 4.78 is 11.6. The zero-order valence-electron chi connectivity index (χ0n) is 18.9. The van der Waals surface area contributed by atoms with Gasteiger partial charge < -0.3 is 24.4 Å². The highest BCUT2D eigenvalue weighted by Gasteiger charge is 2.42. The smallest absolute Gasteiger partial charge is 0.410 e. The number of aliphatic hydroxyl groups excluding tert-OH is 1. The molecule has 32 heavy (non-hydrogen) atoms. The third-order valence-electron chi connectivity index (χ3n) is 5.95. The minimum atomic E-state index is -0.839. The number of aliphatic hydroxyl groups is 1. The molecule has 2 heterocycles. The number of halogens is 2. The van der Waals surface area contributed by atoms with Crippen LogP contribution in [0.15, 0.2) is 18.2 Å². The van der Waals surface area contributed by atoms with E-state index in [1.807, 2.05) is 31.7 Å². The molecule has 0 bridgehead atoms. The number of amides is 2. The lowest BCUT2D eigenvalue weighted by Gasteiger charge is -2.44. The second-order valence-corrected chi connectivity index (χ2v) is 10.3. The predicted molar refractivity (Wildman–Crippen MR) is 123 cm³/mol. The molecule has 3 rings (SSSR count). The fourth-order valence-electron chi connectivity index (χ4n) is 4.30. The van der Waals surface area contributed by atoms with Crippen molar-refractivity contribution in [2.45, 2.75) is 51.2 Å². The number of hydrogen-bond acceptors (Lipinski definition) is 5. The number of carbonyl (C=O) groups excluding carboxylic acids is 2. The number of benzene rings is 1. The van der Waals surface area contributed by atoms with Crippen molar-refractivity contribution in [2.24, 2.45) is 5.92 Å². The Bertz CT molecular complexity index is 832. The highest BCUT2D eigenvalue weighted by molar-refractivity contribution is 6.42. The van der Waals surface area contributed by atoms with Crippen molar-refractivity contribution in [2.75, 3.05) is 39.4 Å². The normalized spacial score (nSPS) is 22.7. The second-order valence-electron chi connectivity index (χ2n) is 9.45. The van der Waals surface area contributed by atoms with E-state index in [1.165, 1.54) is 0 Å². The van der Waals surface area contributed by atoms with E-state index in [0.717, 1.165) is 5.56 Å². The minimum absolute atomic E-state index is 0.0551. The van der Waals surface area contributed by atoms with Gasteiger partial charge in [-0.2, -0.15) is 0 Å². The van der Waals surface area contributed by atoms with E-state index in [4.69, 9.17) is 32.7 Å². The van der Waals surface area contributed by atoms with Gasteiger partial charge in [0.2, 0.25) is 5.91 Å². The van der Waals surface area contributed by atoms with Crippen molar-refractivity contribution < 1.29 is 24.2 Å². The summed E-state index contributed by atoms with van der Waals surface area (Å²) in [7, 11) is 0. The first-order valence-corrected chi connectivity index (χ1v) is 11.8. The third-order valence-corrected chi connectivity index (χ3v) is 6.69. The van der Waals surface area contributed by atoms with Crippen LogP contribution in [-0.4, -0.2) is 71.9 Å². The molecule has 0 unspecified atom stereocenters. The molecule has 9 heteroatoms. The molecule has 0 radical (unpaired) electrons. The number of piperidine rings is 1. The van der Waals surface area contributed by atoms with Gasteiger partial charge in [0, 0.05) is 38.6 Å². The molecule has 7 nitrogen and oxygen atoms in total. The summed E-state index contributed by atoms with van der Waals surface area (Å²) in [4.78, 5) is 29.1. The Morgan fingerprint density at radius 2 is 1.84 bits per heavy atom. The second kappa shape index (κ2) is 10.2. The van der Waals surface area contributed by atoms with E-state index in [1.54, 1.807) is 17.0 Å². The molecule has 1 aromatic rings. The van der Waals surface area contributed by atoms with Gasteiger partial charge in [0.15, 0.2) is 0 Å². The Morgan fingerprint density at radius 1 is 1.16 bits per heavy atom. The quantitative estimate of drug-likeness (QED) is 0.693. The Hall–Kier alpha value is -1.54. The standard InChI is InChI=1S/C23H32Cl2N2O5/c1-22(2,3)32-21(30)26-9-6-16(7-10-26)20(29)27-11-13-31-23(15-27,8-12-28)17-4-5-18(24)19(25)14-17/h4-5,14,16,28H,6-13,15H2,1-3H3/t23-/m0/s1. The number of likely N-dealkylation sites (tertiary alicyclic amines) is 1. The Kier molecular flexibility index (Phi) is 7.97. The topological polar surface area (TPSA) is 79.3 Å². The van der Waals surface area contributed by atoms with E-state index < -0.39 is 11.2 Å². The van der Waals surface area contributed by atoms with Crippen LogP contribution in [0.3, 0.4) is 0 Å². The molecule has 1 atom stereocenters. The number of ether oxygens (including phenoxy) is 2. The first-order valence-electron chi connectivity index (χ1n) is 11.0. The van der Waals surface area contributed by atoms with Crippen LogP contribution in [0, 0.1) is 5.92 Å². The maximum Gasteiger partial charge on any atom is 0.410 e. The molecule has 2 fully saturated rings. The summed E-state index contributed by atoms with van der Waals surface area (Å²) in [5.74, 6) is -0.105. The highest BCUT2D eigenvalue weighted by atomic mass is 35.5. The predicted octanol–water partition coefficient (Wildman–Crippen LogP) is 4.08. The van der Waals surface area contributed by atoms with Gasteiger partial charge >= 0.3 is 6.09 Å². The summed E-state index contributed by atoms with van der Waals surface area (Å²) in [6, 6.07) is 5.28. The molecule has 2 aliphatic heterocycles. The number of carbonyl (C=O) groups is 2. The van der Waals surface area contributed by atoms with E-state index in [0.29, 0.717) is 62.1 Å². The Morgan fingerprint density at radius 3 is 2.44 bits per heavy atom. The monoisotopic (exact) mass is 486 g/mol. The van der Waals surface area contributed by atoms with Gasteiger partial charge in [-0.3, -0.25) is 4.79 Å². The number of rotatable bonds is 4. The molecule has 2 saturated heterocycles. The molecular weight excluding hydrogens is 455 g/mol. The van der Waals surface area contributed by atoms with E-state index in [-0.39, 0.29) is 24.5 Å². The van der Waals surface area contributed by atoms with Crippen LogP contribution in [0.1, 0.15) is 45.6 Å². The summed E-state index contributed by atoms with van der Waals surface area (Å²) >= 11 is 12.3. The molecule has 178 valence electrons. The van der Waals surface area contributed by atoms with Crippen molar-refractivity contribution in [1.29, 1.82) is 0 Å². The highest BCUT2D eigenvalue weighted by Crippen LogP contribution is 2.37. The molecule has 0 aromatic heterocycles.